The second kappa shape index (κ2) is 8.07. The van der Waals surface area contributed by atoms with Crippen LogP contribution >= 0.6 is 0 Å². The second-order valence-electron chi connectivity index (χ2n) is 7.25. The van der Waals surface area contributed by atoms with Crippen LogP contribution in [0.4, 0.5) is 0 Å². The minimum atomic E-state index is -0.334. The number of hydrogen-bond acceptors (Lipinski definition) is 4. The number of carbonyl (C=O) groups is 1. The third-order valence-electron chi connectivity index (χ3n) is 5.36. The fourth-order valence-corrected chi connectivity index (χ4v) is 4.11. The Morgan fingerprint density at radius 3 is 2.54 bits per heavy atom. The standard InChI is InChI=1S/C23H26N2O3/c1-2-28-23(27)22-19-15-18(26)11-12-20(19)25(17-9-5-3-6-10-17)21(22)16-24-13-7-4-8-14-24/h3,5-6,9-12,15,26H,2,4,7-8,13-14,16H2,1H3. The van der Waals surface area contributed by atoms with Gasteiger partial charge in [0.2, 0.25) is 0 Å². The number of phenolic OH excluding ortho intramolecular Hbond substituents is 1. The van der Waals surface area contributed by atoms with Crippen molar-refractivity contribution in [2.75, 3.05) is 19.7 Å². The van der Waals surface area contributed by atoms with Crippen molar-refractivity contribution < 1.29 is 14.6 Å². The van der Waals surface area contributed by atoms with Crippen molar-refractivity contribution >= 4 is 16.9 Å². The van der Waals surface area contributed by atoms with Crippen molar-refractivity contribution in [3.63, 3.8) is 0 Å². The number of ether oxygens (including phenoxy) is 1. The third-order valence-corrected chi connectivity index (χ3v) is 5.36. The van der Waals surface area contributed by atoms with Crippen LogP contribution in [0.15, 0.2) is 48.5 Å². The van der Waals surface area contributed by atoms with E-state index in [0.717, 1.165) is 35.4 Å². The Balaban J connectivity index is 1.95. The monoisotopic (exact) mass is 378 g/mol. The van der Waals surface area contributed by atoms with Gasteiger partial charge in [0.25, 0.3) is 0 Å². The van der Waals surface area contributed by atoms with Crippen molar-refractivity contribution in [3.05, 3.63) is 59.8 Å². The zero-order valence-corrected chi connectivity index (χ0v) is 16.2. The second-order valence-corrected chi connectivity index (χ2v) is 7.25. The van der Waals surface area contributed by atoms with Crippen LogP contribution in [0.5, 0.6) is 5.75 Å². The highest BCUT2D eigenvalue weighted by Gasteiger charge is 2.26. The SMILES string of the molecule is CCOC(=O)c1c(CN2CCCCC2)n(-c2ccccc2)c2ccc(O)cc12. The van der Waals surface area contributed by atoms with E-state index in [1.54, 1.807) is 12.1 Å². The van der Waals surface area contributed by atoms with Gasteiger partial charge in [-0.25, -0.2) is 4.79 Å². The quantitative estimate of drug-likeness (QED) is 0.664. The number of aromatic nitrogens is 1. The van der Waals surface area contributed by atoms with Crippen LogP contribution in [0.3, 0.4) is 0 Å². The summed E-state index contributed by atoms with van der Waals surface area (Å²) in [5, 5.41) is 10.8. The highest BCUT2D eigenvalue weighted by atomic mass is 16.5. The Morgan fingerprint density at radius 1 is 1.07 bits per heavy atom. The van der Waals surface area contributed by atoms with E-state index in [9.17, 15) is 9.90 Å². The molecule has 5 nitrogen and oxygen atoms in total. The molecule has 0 unspecified atom stereocenters. The summed E-state index contributed by atoms with van der Waals surface area (Å²) >= 11 is 0. The Labute approximate surface area is 165 Å². The number of piperidine rings is 1. The van der Waals surface area contributed by atoms with Crippen molar-refractivity contribution in [2.45, 2.75) is 32.7 Å². The van der Waals surface area contributed by atoms with Gasteiger partial charge in [-0.05, 0) is 63.2 Å². The van der Waals surface area contributed by atoms with Crippen LogP contribution in [-0.4, -0.2) is 40.2 Å². The van der Waals surface area contributed by atoms with Crippen molar-refractivity contribution in [1.82, 2.24) is 9.47 Å². The molecule has 3 aromatic rings. The average Bonchev–Trinajstić information content (AvgIpc) is 3.02. The minimum Gasteiger partial charge on any atom is -0.508 e. The lowest BCUT2D eigenvalue weighted by molar-refractivity contribution is 0.0525. The summed E-state index contributed by atoms with van der Waals surface area (Å²) in [5.74, 6) is -0.187. The molecule has 0 bridgehead atoms. The first-order chi connectivity index (χ1) is 13.7. The highest BCUT2D eigenvalue weighted by Crippen LogP contribution is 2.34. The summed E-state index contributed by atoms with van der Waals surface area (Å²) in [6.45, 7) is 4.88. The number of hydrogen-bond donors (Lipinski definition) is 1. The highest BCUT2D eigenvalue weighted by molar-refractivity contribution is 6.07. The summed E-state index contributed by atoms with van der Waals surface area (Å²) in [7, 11) is 0. The van der Waals surface area contributed by atoms with Crippen molar-refractivity contribution in [2.24, 2.45) is 0 Å². The molecule has 4 rings (SSSR count). The van der Waals surface area contributed by atoms with Gasteiger partial charge < -0.3 is 14.4 Å². The molecule has 1 aromatic heterocycles. The van der Waals surface area contributed by atoms with Gasteiger partial charge in [0, 0.05) is 17.6 Å². The number of benzene rings is 2. The van der Waals surface area contributed by atoms with Crippen LogP contribution in [0.1, 0.15) is 42.2 Å². The summed E-state index contributed by atoms with van der Waals surface area (Å²) in [6.07, 6.45) is 3.62. The molecule has 1 aliphatic rings. The maximum Gasteiger partial charge on any atom is 0.340 e. The van der Waals surface area contributed by atoms with Crippen LogP contribution < -0.4 is 0 Å². The molecule has 2 aromatic carbocycles. The number of phenols is 1. The molecular formula is C23H26N2O3. The Bertz CT molecular complexity index is 972. The van der Waals surface area contributed by atoms with Gasteiger partial charge in [-0.2, -0.15) is 0 Å². The van der Waals surface area contributed by atoms with E-state index in [0.29, 0.717) is 18.7 Å². The summed E-state index contributed by atoms with van der Waals surface area (Å²) in [6, 6.07) is 15.3. The Kier molecular flexibility index (Phi) is 5.35. The molecular weight excluding hydrogens is 352 g/mol. The number of fused-ring (bicyclic) bond motifs is 1. The van der Waals surface area contributed by atoms with E-state index in [1.165, 1.54) is 19.3 Å². The fourth-order valence-electron chi connectivity index (χ4n) is 4.11. The third kappa shape index (κ3) is 3.50. The fraction of sp³-hybridized carbons (Fsp3) is 0.348. The number of esters is 1. The molecule has 28 heavy (non-hydrogen) atoms. The predicted octanol–water partition coefficient (Wildman–Crippen LogP) is 4.50. The van der Waals surface area contributed by atoms with Gasteiger partial charge >= 0.3 is 5.97 Å². The molecule has 0 radical (unpaired) electrons. The number of nitrogens with zero attached hydrogens (tertiary/aromatic N) is 2. The maximum absolute atomic E-state index is 12.9. The van der Waals surface area contributed by atoms with E-state index in [1.807, 2.05) is 43.3 Å². The molecule has 0 aliphatic carbocycles. The molecule has 0 amide bonds. The van der Waals surface area contributed by atoms with Gasteiger partial charge in [-0.15, -0.1) is 0 Å². The summed E-state index contributed by atoms with van der Waals surface area (Å²) in [5.41, 5.74) is 3.38. The topological polar surface area (TPSA) is 54.7 Å². The average molecular weight is 378 g/mol. The first-order valence-corrected chi connectivity index (χ1v) is 10.00. The zero-order chi connectivity index (χ0) is 19.5. The molecule has 1 saturated heterocycles. The Morgan fingerprint density at radius 2 is 1.82 bits per heavy atom. The molecule has 146 valence electrons. The van der Waals surface area contributed by atoms with Crippen LogP contribution in [0.2, 0.25) is 0 Å². The van der Waals surface area contributed by atoms with Crippen molar-refractivity contribution in [3.8, 4) is 11.4 Å². The normalized spacial score (nSPS) is 15.0. The van der Waals surface area contributed by atoms with Gasteiger partial charge in [0.05, 0.1) is 23.4 Å². The van der Waals surface area contributed by atoms with Gasteiger partial charge in [-0.1, -0.05) is 24.6 Å². The number of rotatable bonds is 5. The van der Waals surface area contributed by atoms with Gasteiger partial charge in [0.15, 0.2) is 0 Å². The van der Waals surface area contributed by atoms with E-state index >= 15 is 0 Å². The summed E-state index contributed by atoms with van der Waals surface area (Å²) < 4.78 is 7.54. The molecule has 2 heterocycles. The zero-order valence-electron chi connectivity index (χ0n) is 16.2. The lowest BCUT2D eigenvalue weighted by Crippen LogP contribution is -2.30. The lowest BCUT2D eigenvalue weighted by Gasteiger charge is -2.27. The number of para-hydroxylation sites is 1. The molecule has 0 spiro atoms. The molecule has 5 heteroatoms. The Hall–Kier alpha value is -2.79. The number of likely N-dealkylation sites (tertiary alicyclic amines) is 1. The lowest BCUT2D eigenvalue weighted by atomic mass is 10.1. The van der Waals surface area contributed by atoms with Gasteiger partial charge in [-0.3, -0.25) is 4.90 Å². The number of carbonyl (C=O) groups excluding carboxylic acids is 1. The first kappa shape index (κ1) is 18.6. The molecule has 1 N–H and O–H groups in total. The van der Waals surface area contributed by atoms with E-state index < -0.39 is 0 Å². The van der Waals surface area contributed by atoms with E-state index in [4.69, 9.17) is 4.74 Å². The van der Waals surface area contributed by atoms with E-state index in [2.05, 4.69) is 9.47 Å². The van der Waals surface area contributed by atoms with Gasteiger partial charge in [0.1, 0.15) is 5.75 Å². The largest absolute Gasteiger partial charge is 0.508 e. The van der Waals surface area contributed by atoms with Crippen molar-refractivity contribution in [1.29, 1.82) is 0 Å². The molecule has 1 aliphatic heterocycles. The van der Waals surface area contributed by atoms with E-state index in [-0.39, 0.29) is 11.7 Å². The first-order valence-electron chi connectivity index (χ1n) is 10.00. The van der Waals surface area contributed by atoms with Crippen LogP contribution in [0, 0.1) is 0 Å². The maximum atomic E-state index is 12.9. The predicted molar refractivity (Wildman–Crippen MR) is 110 cm³/mol. The van der Waals surface area contributed by atoms with Crippen LogP contribution in [-0.2, 0) is 11.3 Å². The number of aromatic hydroxyl groups is 1. The smallest absolute Gasteiger partial charge is 0.340 e. The van der Waals surface area contributed by atoms with Crippen LogP contribution in [0.25, 0.3) is 16.6 Å². The molecule has 0 saturated carbocycles. The summed E-state index contributed by atoms with van der Waals surface area (Å²) in [4.78, 5) is 15.3. The minimum absolute atomic E-state index is 0.146. The molecule has 0 atom stereocenters. The molecule has 1 fully saturated rings.